The Morgan fingerprint density at radius 1 is 1.54 bits per heavy atom. The number of hydrogen-bond donors (Lipinski definition) is 1. The van der Waals surface area contributed by atoms with Crippen molar-refractivity contribution in [3.63, 3.8) is 0 Å². The average Bonchev–Trinajstić information content (AvgIpc) is 2.03. The van der Waals surface area contributed by atoms with Crippen LogP contribution in [0.25, 0.3) is 6.08 Å². The van der Waals surface area contributed by atoms with Gasteiger partial charge in [0.15, 0.2) is 0 Å². The normalized spacial score (nSPS) is 10.6. The molecular formula is C10H9ClO2. The van der Waals surface area contributed by atoms with Gasteiger partial charge in [-0.25, -0.2) is 4.79 Å². The molecule has 0 spiro atoms. The Morgan fingerprint density at radius 2 is 2.23 bits per heavy atom. The van der Waals surface area contributed by atoms with Gasteiger partial charge in [0, 0.05) is 11.1 Å². The number of carboxylic acids is 1. The zero-order valence-corrected chi connectivity index (χ0v) is 7.88. The molecule has 3 heteroatoms. The standard InChI is InChI=1S/C10H9ClO2/c1-7-3-2-4-9(11)8(7)5-6-10(12)13/h2-6H,1H3,(H,12,13)/b6-5+. The highest BCUT2D eigenvalue weighted by Crippen LogP contribution is 2.20. The fraction of sp³-hybridized carbons (Fsp3) is 0.100. The molecule has 0 amide bonds. The minimum atomic E-state index is -0.973. The number of rotatable bonds is 2. The third-order valence-corrected chi connectivity index (χ3v) is 1.99. The maximum Gasteiger partial charge on any atom is 0.328 e. The van der Waals surface area contributed by atoms with Crippen LogP contribution in [0.15, 0.2) is 24.3 Å². The first-order valence-corrected chi connectivity index (χ1v) is 4.15. The van der Waals surface area contributed by atoms with E-state index in [1.807, 2.05) is 19.1 Å². The van der Waals surface area contributed by atoms with Crippen molar-refractivity contribution >= 4 is 23.6 Å². The summed E-state index contributed by atoms with van der Waals surface area (Å²) < 4.78 is 0. The van der Waals surface area contributed by atoms with Crippen molar-refractivity contribution < 1.29 is 9.90 Å². The fourth-order valence-electron chi connectivity index (χ4n) is 1.01. The molecule has 0 heterocycles. The smallest absolute Gasteiger partial charge is 0.328 e. The van der Waals surface area contributed by atoms with E-state index in [-0.39, 0.29) is 0 Å². The molecule has 0 atom stereocenters. The number of benzene rings is 1. The monoisotopic (exact) mass is 196 g/mol. The van der Waals surface area contributed by atoms with Crippen LogP contribution in [0, 0.1) is 6.92 Å². The van der Waals surface area contributed by atoms with Crippen LogP contribution in [0.5, 0.6) is 0 Å². The number of halogens is 1. The second kappa shape index (κ2) is 4.10. The van der Waals surface area contributed by atoms with E-state index in [0.717, 1.165) is 17.2 Å². The second-order valence-electron chi connectivity index (χ2n) is 2.64. The summed E-state index contributed by atoms with van der Waals surface area (Å²) in [6.45, 7) is 1.88. The first-order valence-electron chi connectivity index (χ1n) is 3.77. The van der Waals surface area contributed by atoms with Gasteiger partial charge in [0.1, 0.15) is 0 Å². The van der Waals surface area contributed by atoms with Crippen LogP contribution in [-0.2, 0) is 4.79 Å². The van der Waals surface area contributed by atoms with Crippen molar-refractivity contribution in [1.29, 1.82) is 0 Å². The van der Waals surface area contributed by atoms with Crippen LogP contribution < -0.4 is 0 Å². The van der Waals surface area contributed by atoms with Crippen molar-refractivity contribution in [2.75, 3.05) is 0 Å². The van der Waals surface area contributed by atoms with E-state index in [1.54, 1.807) is 6.07 Å². The summed E-state index contributed by atoms with van der Waals surface area (Å²) in [4.78, 5) is 10.3. The summed E-state index contributed by atoms with van der Waals surface area (Å²) >= 11 is 5.87. The Hall–Kier alpha value is -1.28. The summed E-state index contributed by atoms with van der Waals surface area (Å²) in [5.74, 6) is -0.973. The van der Waals surface area contributed by atoms with Gasteiger partial charge in [0.25, 0.3) is 0 Å². The fourth-order valence-corrected chi connectivity index (χ4v) is 1.30. The first kappa shape index (κ1) is 9.81. The highest BCUT2D eigenvalue weighted by molar-refractivity contribution is 6.32. The summed E-state index contributed by atoms with van der Waals surface area (Å²) in [5, 5.41) is 8.99. The molecule has 13 heavy (non-hydrogen) atoms. The van der Waals surface area contributed by atoms with Crippen molar-refractivity contribution in [2.24, 2.45) is 0 Å². The molecule has 0 bridgehead atoms. The van der Waals surface area contributed by atoms with Crippen LogP contribution in [0.4, 0.5) is 0 Å². The molecule has 0 aliphatic heterocycles. The third kappa shape index (κ3) is 2.60. The van der Waals surface area contributed by atoms with Gasteiger partial charge in [-0.3, -0.25) is 0 Å². The van der Waals surface area contributed by atoms with Crippen molar-refractivity contribution in [3.8, 4) is 0 Å². The number of carboxylic acid groups (broad SMARTS) is 1. The topological polar surface area (TPSA) is 37.3 Å². The molecule has 1 N–H and O–H groups in total. The van der Waals surface area contributed by atoms with Gasteiger partial charge in [-0.2, -0.15) is 0 Å². The molecule has 0 aliphatic rings. The lowest BCUT2D eigenvalue weighted by molar-refractivity contribution is -0.131. The second-order valence-corrected chi connectivity index (χ2v) is 3.05. The SMILES string of the molecule is Cc1cccc(Cl)c1/C=C/C(=O)O. The maximum absolute atomic E-state index is 10.3. The Balaban J connectivity index is 3.06. The molecule has 0 unspecified atom stereocenters. The van der Waals surface area contributed by atoms with E-state index in [4.69, 9.17) is 16.7 Å². The van der Waals surface area contributed by atoms with Crippen LogP contribution in [-0.4, -0.2) is 11.1 Å². The van der Waals surface area contributed by atoms with Crippen molar-refractivity contribution in [3.05, 3.63) is 40.4 Å². The van der Waals surface area contributed by atoms with Gasteiger partial charge in [-0.05, 0) is 30.2 Å². The minimum Gasteiger partial charge on any atom is -0.478 e. The lowest BCUT2D eigenvalue weighted by Gasteiger charge is -2.01. The molecule has 2 nitrogen and oxygen atoms in total. The predicted octanol–water partition coefficient (Wildman–Crippen LogP) is 2.75. The first-order chi connectivity index (χ1) is 6.11. The van der Waals surface area contributed by atoms with E-state index in [2.05, 4.69) is 0 Å². The number of hydrogen-bond acceptors (Lipinski definition) is 1. The van der Waals surface area contributed by atoms with Crippen LogP contribution >= 0.6 is 11.6 Å². The number of aryl methyl sites for hydroxylation is 1. The average molecular weight is 197 g/mol. The maximum atomic E-state index is 10.3. The molecule has 1 aromatic carbocycles. The summed E-state index contributed by atoms with van der Waals surface area (Å²) in [6, 6.07) is 5.44. The summed E-state index contributed by atoms with van der Waals surface area (Å²) in [6.07, 6.45) is 2.58. The van der Waals surface area contributed by atoms with Gasteiger partial charge >= 0.3 is 5.97 Å². The molecule has 1 rings (SSSR count). The molecule has 0 fully saturated rings. The molecule has 0 aromatic heterocycles. The van der Waals surface area contributed by atoms with E-state index < -0.39 is 5.97 Å². The number of aliphatic carboxylic acids is 1. The summed E-state index contributed by atoms with van der Waals surface area (Å²) in [7, 11) is 0. The van der Waals surface area contributed by atoms with E-state index in [9.17, 15) is 4.79 Å². The van der Waals surface area contributed by atoms with Gasteiger partial charge < -0.3 is 5.11 Å². The number of carbonyl (C=O) groups is 1. The highest BCUT2D eigenvalue weighted by Gasteiger charge is 1.99. The Labute approximate surface area is 81.5 Å². The van der Waals surface area contributed by atoms with E-state index in [1.165, 1.54) is 6.08 Å². The zero-order chi connectivity index (χ0) is 9.84. The van der Waals surface area contributed by atoms with E-state index in [0.29, 0.717) is 5.02 Å². The molecule has 0 aliphatic carbocycles. The van der Waals surface area contributed by atoms with E-state index >= 15 is 0 Å². The molecule has 0 saturated heterocycles. The third-order valence-electron chi connectivity index (χ3n) is 1.66. The largest absolute Gasteiger partial charge is 0.478 e. The predicted molar refractivity (Wildman–Crippen MR) is 52.9 cm³/mol. The molecule has 1 aromatic rings. The molecule has 0 radical (unpaired) electrons. The van der Waals surface area contributed by atoms with Crippen molar-refractivity contribution in [1.82, 2.24) is 0 Å². The lowest BCUT2D eigenvalue weighted by atomic mass is 10.1. The van der Waals surface area contributed by atoms with Gasteiger partial charge in [-0.15, -0.1) is 0 Å². The van der Waals surface area contributed by atoms with Gasteiger partial charge in [-0.1, -0.05) is 23.7 Å². The quantitative estimate of drug-likeness (QED) is 0.739. The van der Waals surface area contributed by atoms with Gasteiger partial charge in [0.2, 0.25) is 0 Å². The molecular weight excluding hydrogens is 188 g/mol. The molecule has 0 saturated carbocycles. The Bertz CT molecular complexity index is 336. The minimum absolute atomic E-state index is 0.567. The zero-order valence-electron chi connectivity index (χ0n) is 7.12. The Kier molecular flexibility index (Phi) is 3.09. The molecule has 68 valence electrons. The van der Waals surface area contributed by atoms with Crippen molar-refractivity contribution in [2.45, 2.75) is 6.92 Å². The Morgan fingerprint density at radius 3 is 2.77 bits per heavy atom. The highest BCUT2D eigenvalue weighted by atomic mass is 35.5. The van der Waals surface area contributed by atoms with Crippen LogP contribution in [0.3, 0.4) is 0 Å². The summed E-state index contributed by atoms with van der Waals surface area (Å²) in [5.41, 5.74) is 1.72. The van der Waals surface area contributed by atoms with Gasteiger partial charge in [0.05, 0.1) is 0 Å². The van der Waals surface area contributed by atoms with Crippen LogP contribution in [0.1, 0.15) is 11.1 Å². The lowest BCUT2D eigenvalue weighted by Crippen LogP contribution is -1.87. The van der Waals surface area contributed by atoms with Crippen LogP contribution in [0.2, 0.25) is 5.02 Å².